The van der Waals surface area contributed by atoms with E-state index in [0.29, 0.717) is 11.3 Å². The fraction of sp³-hybridized carbons (Fsp3) is 0.571. The summed E-state index contributed by atoms with van der Waals surface area (Å²) in [5.74, 6) is 0.154. The average molecular weight is 285 g/mol. The summed E-state index contributed by atoms with van der Waals surface area (Å²) in [6, 6.07) is 6.64. The van der Waals surface area contributed by atoms with E-state index < -0.39 is 15.9 Å². The molecule has 1 aromatic rings. The first-order valence-corrected chi connectivity index (χ1v) is 8.19. The van der Waals surface area contributed by atoms with Gasteiger partial charge in [0.05, 0.1) is 16.8 Å². The monoisotopic (exact) mass is 285 g/mol. The van der Waals surface area contributed by atoms with Crippen molar-refractivity contribution in [2.45, 2.75) is 50.2 Å². The lowest BCUT2D eigenvalue weighted by atomic mass is 9.93. The van der Waals surface area contributed by atoms with Gasteiger partial charge in [-0.25, -0.2) is 8.42 Å². The Morgan fingerprint density at radius 3 is 2.47 bits per heavy atom. The topological polar surface area (TPSA) is 80.4 Å². The van der Waals surface area contributed by atoms with Gasteiger partial charge in [0.25, 0.3) is 0 Å². The van der Waals surface area contributed by atoms with Crippen molar-refractivity contribution in [2.75, 3.05) is 5.75 Å². The van der Waals surface area contributed by atoms with E-state index in [1.54, 1.807) is 32.0 Å². The lowest BCUT2D eigenvalue weighted by Crippen LogP contribution is -2.32. The molecule has 0 radical (unpaired) electrons. The molecule has 0 aliphatic heterocycles. The molecule has 0 aliphatic carbocycles. The van der Waals surface area contributed by atoms with Gasteiger partial charge in [-0.05, 0) is 37.0 Å². The zero-order valence-electron chi connectivity index (χ0n) is 11.7. The van der Waals surface area contributed by atoms with Crippen LogP contribution in [0.3, 0.4) is 0 Å². The number of sulfone groups is 1. The predicted molar refractivity (Wildman–Crippen MR) is 76.9 cm³/mol. The van der Waals surface area contributed by atoms with Crippen LogP contribution in [-0.4, -0.2) is 31.4 Å². The Morgan fingerprint density at radius 1 is 1.32 bits per heavy atom. The fourth-order valence-electron chi connectivity index (χ4n) is 1.89. The second kappa shape index (κ2) is 6.50. The fourth-order valence-corrected chi connectivity index (χ4v) is 2.83. The van der Waals surface area contributed by atoms with Crippen LogP contribution in [0.4, 0.5) is 0 Å². The van der Waals surface area contributed by atoms with Crippen molar-refractivity contribution in [1.82, 2.24) is 0 Å². The summed E-state index contributed by atoms with van der Waals surface area (Å²) in [6.45, 7) is 5.35. The highest BCUT2D eigenvalue weighted by atomic mass is 32.2. The molecule has 0 spiro atoms. The summed E-state index contributed by atoms with van der Waals surface area (Å²) in [4.78, 5) is 0.342. The highest BCUT2D eigenvalue weighted by Gasteiger charge is 2.17. The van der Waals surface area contributed by atoms with Gasteiger partial charge in [0, 0.05) is 6.04 Å². The highest BCUT2D eigenvalue weighted by molar-refractivity contribution is 7.91. The minimum atomic E-state index is -3.19. The first kappa shape index (κ1) is 16.1. The van der Waals surface area contributed by atoms with E-state index in [-0.39, 0.29) is 17.7 Å². The number of hydrogen-bond acceptors (Lipinski definition) is 4. The Labute approximate surface area is 115 Å². The second-order valence-corrected chi connectivity index (χ2v) is 7.32. The predicted octanol–water partition coefficient (Wildman–Crippen LogP) is 1.68. The second-order valence-electron chi connectivity index (χ2n) is 5.04. The summed E-state index contributed by atoms with van der Waals surface area (Å²) < 4.78 is 23.7. The van der Waals surface area contributed by atoms with Crippen molar-refractivity contribution in [2.24, 2.45) is 5.73 Å². The van der Waals surface area contributed by atoms with Gasteiger partial charge in [-0.2, -0.15) is 0 Å². The van der Waals surface area contributed by atoms with E-state index in [2.05, 4.69) is 0 Å². The molecule has 0 heterocycles. The Bertz CT molecular complexity index is 511. The number of hydrogen-bond donors (Lipinski definition) is 2. The third-order valence-corrected chi connectivity index (χ3v) is 5.10. The van der Waals surface area contributed by atoms with E-state index in [4.69, 9.17) is 5.73 Å². The molecule has 0 saturated heterocycles. The summed E-state index contributed by atoms with van der Waals surface area (Å²) in [6.07, 6.45) is -0.0609. The Morgan fingerprint density at radius 2 is 1.95 bits per heavy atom. The Balaban J connectivity index is 2.94. The van der Waals surface area contributed by atoms with Crippen LogP contribution in [0.15, 0.2) is 29.2 Å². The van der Waals surface area contributed by atoms with Crippen LogP contribution >= 0.6 is 0 Å². The van der Waals surface area contributed by atoms with Crippen molar-refractivity contribution in [1.29, 1.82) is 0 Å². The molecule has 4 nitrogen and oxygen atoms in total. The van der Waals surface area contributed by atoms with Crippen molar-refractivity contribution in [3.8, 4) is 0 Å². The first-order chi connectivity index (χ1) is 8.77. The van der Waals surface area contributed by atoms with Gasteiger partial charge < -0.3 is 10.8 Å². The van der Waals surface area contributed by atoms with Crippen molar-refractivity contribution < 1.29 is 13.5 Å². The van der Waals surface area contributed by atoms with E-state index in [0.717, 1.165) is 5.56 Å². The van der Waals surface area contributed by atoms with Crippen LogP contribution < -0.4 is 5.73 Å². The van der Waals surface area contributed by atoms with Crippen molar-refractivity contribution >= 4 is 9.84 Å². The molecule has 3 N–H and O–H groups in total. The van der Waals surface area contributed by atoms with Gasteiger partial charge in [0.2, 0.25) is 0 Å². The van der Waals surface area contributed by atoms with Crippen LogP contribution in [0, 0.1) is 0 Å². The first-order valence-electron chi connectivity index (χ1n) is 6.54. The van der Waals surface area contributed by atoms with Gasteiger partial charge in [-0.15, -0.1) is 0 Å². The van der Waals surface area contributed by atoms with Gasteiger partial charge in [-0.3, -0.25) is 0 Å². The Kier molecular flexibility index (Phi) is 5.52. The number of aliphatic hydroxyl groups excluding tert-OH is 1. The van der Waals surface area contributed by atoms with Crippen LogP contribution in [-0.2, 0) is 9.84 Å². The largest absolute Gasteiger partial charge is 0.392 e. The molecular weight excluding hydrogens is 262 g/mol. The molecule has 3 atom stereocenters. The SMILES string of the molecule is CCS(=O)(=O)c1cccc(C(C)CC(O)C(C)N)c1. The third-order valence-electron chi connectivity index (χ3n) is 3.37. The number of benzene rings is 1. The van der Waals surface area contributed by atoms with E-state index in [1.165, 1.54) is 0 Å². The van der Waals surface area contributed by atoms with Crippen molar-refractivity contribution in [3.05, 3.63) is 29.8 Å². The molecule has 0 aliphatic rings. The molecule has 19 heavy (non-hydrogen) atoms. The number of aliphatic hydroxyl groups is 1. The maximum absolute atomic E-state index is 11.8. The molecular formula is C14H23NO3S. The number of nitrogens with two attached hydrogens (primary N) is 1. The average Bonchev–Trinajstić information content (AvgIpc) is 2.38. The maximum atomic E-state index is 11.8. The third kappa shape index (κ3) is 4.30. The molecule has 0 fully saturated rings. The standard InChI is InChI=1S/C14H23NO3S/c1-4-19(17,18)13-7-5-6-12(9-13)10(2)8-14(16)11(3)15/h5-7,9-11,14,16H,4,8,15H2,1-3H3. The van der Waals surface area contributed by atoms with E-state index in [9.17, 15) is 13.5 Å². The maximum Gasteiger partial charge on any atom is 0.178 e. The molecule has 0 amide bonds. The van der Waals surface area contributed by atoms with E-state index >= 15 is 0 Å². The lowest BCUT2D eigenvalue weighted by Gasteiger charge is -2.20. The van der Waals surface area contributed by atoms with Crippen molar-refractivity contribution in [3.63, 3.8) is 0 Å². The van der Waals surface area contributed by atoms with Gasteiger partial charge in [0.15, 0.2) is 9.84 Å². The summed E-state index contributed by atoms with van der Waals surface area (Å²) in [5, 5.41) is 9.79. The van der Waals surface area contributed by atoms with Gasteiger partial charge >= 0.3 is 0 Å². The van der Waals surface area contributed by atoms with Crippen LogP contribution in [0.25, 0.3) is 0 Å². The molecule has 1 aromatic carbocycles. The van der Waals surface area contributed by atoms with Crippen LogP contribution in [0.5, 0.6) is 0 Å². The molecule has 5 heteroatoms. The summed E-state index contributed by atoms with van der Waals surface area (Å²) in [7, 11) is -3.19. The summed E-state index contributed by atoms with van der Waals surface area (Å²) in [5.41, 5.74) is 6.55. The molecule has 0 saturated carbocycles. The zero-order valence-corrected chi connectivity index (χ0v) is 12.5. The Hall–Kier alpha value is -0.910. The van der Waals surface area contributed by atoms with Crippen LogP contribution in [0.2, 0.25) is 0 Å². The molecule has 108 valence electrons. The summed E-state index contributed by atoms with van der Waals surface area (Å²) >= 11 is 0. The number of rotatable bonds is 6. The lowest BCUT2D eigenvalue weighted by molar-refractivity contribution is 0.134. The van der Waals surface area contributed by atoms with Gasteiger partial charge in [0.1, 0.15) is 0 Å². The molecule has 0 aromatic heterocycles. The normalized spacial score (nSPS) is 16.9. The minimum absolute atomic E-state index is 0.0630. The van der Waals surface area contributed by atoms with Crippen LogP contribution in [0.1, 0.15) is 38.7 Å². The molecule has 3 unspecified atom stereocenters. The molecule has 1 rings (SSSR count). The molecule has 0 bridgehead atoms. The quantitative estimate of drug-likeness (QED) is 0.833. The highest BCUT2D eigenvalue weighted by Crippen LogP contribution is 2.24. The van der Waals surface area contributed by atoms with E-state index in [1.807, 2.05) is 13.0 Å². The minimum Gasteiger partial charge on any atom is -0.392 e. The zero-order chi connectivity index (χ0) is 14.6. The van der Waals surface area contributed by atoms with Gasteiger partial charge in [-0.1, -0.05) is 26.0 Å². The smallest absolute Gasteiger partial charge is 0.178 e.